The van der Waals surface area contributed by atoms with Crippen LogP contribution < -0.4 is 14.4 Å². The zero-order valence-electron chi connectivity index (χ0n) is 16.7. The zero-order chi connectivity index (χ0) is 21.2. The number of nitrogens with zero attached hydrogens (tertiary/aromatic N) is 2. The fourth-order valence-electron chi connectivity index (χ4n) is 3.47. The van der Waals surface area contributed by atoms with Crippen LogP contribution in [0, 0.1) is 0 Å². The molecule has 1 aromatic carbocycles. The van der Waals surface area contributed by atoms with E-state index < -0.39 is 9.84 Å². The van der Waals surface area contributed by atoms with Crippen LogP contribution in [0.25, 0.3) is 0 Å². The van der Waals surface area contributed by atoms with Crippen molar-refractivity contribution in [2.24, 2.45) is 4.99 Å². The summed E-state index contributed by atoms with van der Waals surface area (Å²) in [5.74, 6) is 1.10. The average Bonchev–Trinajstić information content (AvgIpc) is 3.09. The molecule has 2 fully saturated rings. The van der Waals surface area contributed by atoms with Gasteiger partial charge in [-0.15, -0.1) is 0 Å². The monoisotopic (exact) mass is 504 g/mol. The molecule has 2 heterocycles. The molecular weight excluding hydrogens is 480 g/mol. The highest BCUT2D eigenvalue weighted by Crippen LogP contribution is 2.46. The molecule has 1 amide bonds. The summed E-state index contributed by atoms with van der Waals surface area (Å²) in [7, 11) is -3.13. The van der Waals surface area contributed by atoms with Crippen molar-refractivity contribution < 1.29 is 22.7 Å². The Labute approximate surface area is 184 Å². The topological polar surface area (TPSA) is 85.3 Å². The lowest BCUT2D eigenvalue weighted by molar-refractivity contribution is -0.117. The van der Waals surface area contributed by atoms with E-state index in [0.717, 1.165) is 10.2 Å². The number of ether oxygens (including phenoxy) is 2. The van der Waals surface area contributed by atoms with Gasteiger partial charge in [0.05, 0.1) is 36.4 Å². The molecule has 0 spiro atoms. The fourth-order valence-corrected chi connectivity index (χ4v) is 7.91. The number of aliphatic imine (C=N–C) groups is 1. The summed E-state index contributed by atoms with van der Waals surface area (Å²) in [6.07, 6.45) is 1.07. The fraction of sp³-hybridized carbons (Fsp3) is 0.579. The van der Waals surface area contributed by atoms with Crippen molar-refractivity contribution in [3.8, 4) is 11.5 Å². The minimum Gasteiger partial charge on any atom is -0.490 e. The second-order valence-corrected chi connectivity index (χ2v) is 11.0. The first-order valence-corrected chi connectivity index (χ1v) is 13.2. The second kappa shape index (κ2) is 9.26. The Kier molecular flexibility index (Phi) is 7.16. The van der Waals surface area contributed by atoms with Gasteiger partial charge in [-0.3, -0.25) is 4.79 Å². The quantitative estimate of drug-likeness (QED) is 0.559. The van der Waals surface area contributed by atoms with Gasteiger partial charge in [-0.05, 0) is 36.2 Å². The van der Waals surface area contributed by atoms with Gasteiger partial charge in [0.25, 0.3) is 0 Å². The molecule has 1 aromatic rings. The van der Waals surface area contributed by atoms with Gasteiger partial charge in [-0.25, -0.2) is 8.42 Å². The molecule has 0 N–H and O–H groups in total. The van der Waals surface area contributed by atoms with Crippen LogP contribution in [0.5, 0.6) is 11.5 Å². The first-order valence-electron chi connectivity index (χ1n) is 9.66. The maximum Gasteiger partial charge on any atom is 0.248 e. The number of sulfone groups is 1. The van der Waals surface area contributed by atoms with Crippen LogP contribution in [0.3, 0.4) is 0 Å². The van der Waals surface area contributed by atoms with E-state index in [-0.39, 0.29) is 28.7 Å². The molecule has 0 aromatic heterocycles. The first-order chi connectivity index (χ1) is 13.8. The summed E-state index contributed by atoms with van der Waals surface area (Å²) >= 11 is 4.95. The molecule has 2 aliphatic rings. The van der Waals surface area contributed by atoms with Gasteiger partial charge in [-0.1, -0.05) is 18.7 Å². The van der Waals surface area contributed by atoms with Crippen LogP contribution in [-0.4, -0.2) is 55.5 Å². The average molecular weight is 505 g/mol. The normalized spacial score (nSPS) is 24.0. The summed E-state index contributed by atoms with van der Waals surface area (Å²) in [6, 6.07) is 3.37. The highest BCUT2D eigenvalue weighted by atomic mass is 79.9. The highest BCUT2D eigenvalue weighted by Gasteiger charge is 2.50. The summed E-state index contributed by atoms with van der Waals surface area (Å²) in [6.45, 7) is 6.67. The van der Waals surface area contributed by atoms with Gasteiger partial charge in [-0.2, -0.15) is 4.99 Å². The lowest BCUT2D eigenvalue weighted by Gasteiger charge is -2.27. The van der Waals surface area contributed by atoms with E-state index in [0.29, 0.717) is 42.7 Å². The number of carbonyl (C=O) groups excluding carboxylic acids is 1. The minimum atomic E-state index is -3.13. The van der Waals surface area contributed by atoms with E-state index >= 15 is 0 Å². The Balaban J connectivity index is 2.08. The van der Waals surface area contributed by atoms with Crippen molar-refractivity contribution in [1.82, 2.24) is 0 Å². The lowest BCUT2D eigenvalue weighted by atomic mass is 10.2. The van der Waals surface area contributed by atoms with E-state index in [4.69, 9.17) is 9.47 Å². The third-order valence-electron chi connectivity index (χ3n) is 4.62. The van der Waals surface area contributed by atoms with E-state index in [2.05, 4.69) is 20.9 Å². The molecule has 29 heavy (non-hydrogen) atoms. The van der Waals surface area contributed by atoms with E-state index in [1.54, 1.807) is 0 Å². The summed E-state index contributed by atoms with van der Waals surface area (Å²) in [5, 5.41) is 0.392. The molecule has 3 rings (SSSR count). The second-order valence-electron chi connectivity index (χ2n) is 6.83. The summed E-state index contributed by atoms with van der Waals surface area (Å²) < 4.78 is 36.6. The number of amidine groups is 1. The standard InChI is InChI=1S/C19H25BrN2O5S2/c1-4-7-18(23)21-19-22(14-10-29(24,25)11-17(14)28-19)13-9-16(27-6-3)15(26-5-2)8-12(13)20/h8-9,14,17H,4-7,10-11H2,1-3H3/t14-,17+/m0/s1. The number of thioether (sulfide) groups is 1. The predicted octanol–water partition coefficient (Wildman–Crippen LogP) is 3.65. The summed E-state index contributed by atoms with van der Waals surface area (Å²) in [5.41, 5.74) is 0.719. The van der Waals surface area contributed by atoms with Crippen LogP contribution in [0.15, 0.2) is 21.6 Å². The Morgan fingerprint density at radius 2 is 1.86 bits per heavy atom. The third kappa shape index (κ3) is 4.91. The number of rotatable bonds is 7. The van der Waals surface area contributed by atoms with Gasteiger partial charge in [0.2, 0.25) is 5.91 Å². The van der Waals surface area contributed by atoms with Crippen molar-refractivity contribution in [3.63, 3.8) is 0 Å². The van der Waals surface area contributed by atoms with Crippen LogP contribution in [0.2, 0.25) is 0 Å². The first kappa shape index (κ1) is 22.4. The van der Waals surface area contributed by atoms with E-state index in [9.17, 15) is 13.2 Å². The van der Waals surface area contributed by atoms with Crippen molar-refractivity contribution in [2.75, 3.05) is 29.6 Å². The Bertz CT molecular complexity index is 919. The number of anilines is 1. The van der Waals surface area contributed by atoms with Crippen molar-refractivity contribution in [2.45, 2.75) is 44.9 Å². The maximum atomic E-state index is 12.2. The molecule has 2 aliphatic heterocycles. The van der Waals surface area contributed by atoms with Gasteiger partial charge < -0.3 is 14.4 Å². The van der Waals surface area contributed by atoms with Gasteiger partial charge in [0.15, 0.2) is 26.5 Å². The predicted molar refractivity (Wildman–Crippen MR) is 120 cm³/mol. The molecule has 7 nitrogen and oxygen atoms in total. The van der Waals surface area contributed by atoms with Crippen molar-refractivity contribution in [3.05, 3.63) is 16.6 Å². The molecule has 2 atom stereocenters. The molecule has 0 radical (unpaired) electrons. The zero-order valence-corrected chi connectivity index (χ0v) is 19.9. The van der Waals surface area contributed by atoms with Crippen LogP contribution in [0.4, 0.5) is 5.69 Å². The number of carbonyl (C=O) groups is 1. The van der Waals surface area contributed by atoms with Crippen LogP contribution >= 0.6 is 27.7 Å². The number of fused-ring (bicyclic) bond motifs is 1. The SMILES string of the molecule is CCCC(=O)N=C1S[C@@H]2CS(=O)(=O)C[C@@H]2N1c1cc(OCC)c(OCC)cc1Br. The molecule has 0 bridgehead atoms. The number of hydrogen-bond donors (Lipinski definition) is 0. The van der Waals surface area contributed by atoms with Gasteiger partial charge in [0, 0.05) is 28.3 Å². The van der Waals surface area contributed by atoms with E-state index in [1.165, 1.54) is 11.8 Å². The molecular formula is C19H25BrN2O5S2. The Hall–Kier alpha value is -1.26. The number of hydrogen-bond acceptors (Lipinski definition) is 6. The minimum absolute atomic E-state index is 0.0370. The maximum absolute atomic E-state index is 12.2. The van der Waals surface area contributed by atoms with Crippen LogP contribution in [0.1, 0.15) is 33.6 Å². The van der Waals surface area contributed by atoms with Crippen molar-refractivity contribution in [1.29, 1.82) is 0 Å². The largest absolute Gasteiger partial charge is 0.490 e. The molecule has 0 saturated carbocycles. The highest BCUT2D eigenvalue weighted by molar-refractivity contribution is 9.10. The number of amides is 1. The Morgan fingerprint density at radius 1 is 1.21 bits per heavy atom. The van der Waals surface area contributed by atoms with Crippen LogP contribution in [-0.2, 0) is 14.6 Å². The van der Waals surface area contributed by atoms with Gasteiger partial charge in [0.1, 0.15) is 0 Å². The number of halogens is 1. The number of benzene rings is 1. The van der Waals surface area contributed by atoms with E-state index in [1.807, 2.05) is 37.8 Å². The molecule has 160 valence electrons. The molecule has 0 aliphatic carbocycles. The Morgan fingerprint density at radius 3 is 2.48 bits per heavy atom. The summed E-state index contributed by atoms with van der Waals surface area (Å²) in [4.78, 5) is 18.4. The lowest BCUT2D eigenvalue weighted by Crippen LogP contribution is -2.38. The molecule has 0 unspecified atom stereocenters. The third-order valence-corrected chi connectivity index (χ3v) is 8.47. The van der Waals surface area contributed by atoms with Crippen molar-refractivity contribution >= 4 is 54.3 Å². The van der Waals surface area contributed by atoms with Gasteiger partial charge >= 0.3 is 0 Å². The molecule has 2 saturated heterocycles. The molecule has 10 heteroatoms. The smallest absolute Gasteiger partial charge is 0.248 e.